The lowest BCUT2D eigenvalue weighted by atomic mass is 10.2. The van der Waals surface area contributed by atoms with Gasteiger partial charge in [0, 0.05) is 31.2 Å². The number of nitrogens with one attached hydrogen (secondary N) is 1. The molecule has 1 fully saturated rings. The lowest BCUT2D eigenvalue weighted by molar-refractivity contribution is -0.118. The summed E-state index contributed by atoms with van der Waals surface area (Å²) in [6.45, 7) is 8.82. The number of nitrogens with zero attached hydrogens (tertiary/aromatic N) is 3. The zero-order valence-electron chi connectivity index (χ0n) is 13.1. The molecule has 6 nitrogen and oxygen atoms in total. The number of carbonyl (C=O) groups excluding carboxylic acids is 1. The largest absolute Gasteiger partial charge is 0.444 e. The highest BCUT2D eigenvalue weighted by Crippen LogP contribution is 2.25. The van der Waals surface area contributed by atoms with Crippen LogP contribution < -0.4 is 5.32 Å². The Labute approximate surface area is 125 Å². The molecule has 21 heavy (non-hydrogen) atoms. The summed E-state index contributed by atoms with van der Waals surface area (Å²) in [5.74, 6) is 0.783. The van der Waals surface area contributed by atoms with Crippen LogP contribution in [0, 0.1) is 25.2 Å². The molecule has 2 rings (SSSR count). The number of carbonyl (C=O) groups is 1. The van der Waals surface area contributed by atoms with Crippen LogP contribution in [0.15, 0.2) is 4.42 Å². The fourth-order valence-corrected chi connectivity index (χ4v) is 2.61. The number of furan rings is 1. The lowest BCUT2D eigenvalue weighted by Crippen LogP contribution is -2.52. The van der Waals surface area contributed by atoms with Crippen molar-refractivity contribution in [3.63, 3.8) is 0 Å². The van der Waals surface area contributed by atoms with Crippen molar-refractivity contribution in [2.24, 2.45) is 0 Å². The van der Waals surface area contributed by atoms with Gasteiger partial charge in [-0.2, -0.15) is 5.26 Å². The molecule has 1 amide bonds. The number of amides is 1. The first-order valence-electron chi connectivity index (χ1n) is 7.15. The molecular weight excluding hydrogens is 268 g/mol. The molecule has 0 aliphatic carbocycles. The normalized spacial score (nSPS) is 20.2. The van der Waals surface area contributed by atoms with Gasteiger partial charge in [0.25, 0.3) is 0 Å². The second-order valence-electron chi connectivity index (χ2n) is 5.73. The zero-order valence-corrected chi connectivity index (χ0v) is 13.1. The molecule has 1 saturated heterocycles. The Kier molecular flexibility index (Phi) is 4.66. The molecule has 6 heteroatoms. The van der Waals surface area contributed by atoms with Crippen molar-refractivity contribution in [1.29, 1.82) is 5.26 Å². The number of hydrogen-bond acceptors (Lipinski definition) is 5. The average Bonchev–Trinajstić information content (AvgIpc) is 2.67. The molecule has 0 bridgehead atoms. The minimum Gasteiger partial charge on any atom is -0.444 e. The minimum absolute atomic E-state index is 0.142. The smallest absolute Gasteiger partial charge is 0.240 e. The van der Waals surface area contributed by atoms with E-state index in [4.69, 9.17) is 9.68 Å². The second kappa shape index (κ2) is 6.29. The monoisotopic (exact) mass is 290 g/mol. The minimum atomic E-state index is -0.142. The number of hydrogen-bond donors (Lipinski definition) is 1. The summed E-state index contributed by atoms with van der Waals surface area (Å²) in [7, 11) is 2.08. The summed E-state index contributed by atoms with van der Waals surface area (Å²) in [6.07, 6.45) is 0. The first-order valence-corrected chi connectivity index (χ1v) is 7.15. The van der Waals surface area contributed by atoms with Crippen LogP contribution in [0.3, 0.4) is 0 Å². The number of aryl methyl sites for hydroxylation is 1. The molecule has 2 heterocycles. The Bertz CT molecular complexity index is 573. The number of likely N-dealkylation sites (N-methyl/N-ethyl adjacent to an activating group) is 1. The van der Waals surface area contributed by atoms with Crippen LogP contribution in [0.4, 0.5) is 5.88 Å². The predicted molar refractivity (Wildman–Crippen MR) is 80.1 cm³/mol. The summed E-state index contributed by atoms with van der Waals surface area (Å²) in [6, 6.07) is 2.42. The molecule has 1 N–H and O–H groups in total. The lowest BCUT2D eigenvalue weighted by Gasteiger charge is -2.37. The number of nitriles is 1. The first-order chi connectivity index (χ1) is 9.92. The molecular formula is C15H22N4O2. The van der Waals surface area contributed by atoms with Gasteiger partial charge in [0.05, 0.1) is 6.54 Å². The molecule has 0 radical (unpaired) electrons. The van der Waals surface area contributed by atoms with Crippen molar-refractivity contribution in [2.75, 3.05) is 38.5 Å². The maximum Gasteiger partial charge on any atom is 0.240 e. The molecule has 0 spiro atoms. The van der Waals surface area contributed by atoms with Crippen LogP contribution in [0.1, 0.15) is 23.8 Å². The van der Waals surface area contributed by atoms with Crippen molar-refractivity contribution >= 4 is 11.8 Å². The highest BCUT2D eigenvalue weighted by molar-refractivity contribution is 5.92. The van der Waals surface area contributed by atoms with E-state index in [0.29, 0.717) is 23.9 Å². The molecule has 0 saturated carbocycles. The van der Waals surface area contributed by atoms with Gasteiger partial charge in [-0.1, -0.05) is 0 Å². The summed E-state index contributed by atoms with van der Waals surface area (Å²) >= 11 is 0. The Hall–Kier alpha value is -1.84. The van der Waals surface area contributed by atoms with E-state index in [9.17, 15) is 4.79 Å². The Morgan fingerprint density at radius 1 is 1.48 bits per heavy atom. The highest BCUT2D eigenvalue weighted by Gasteiger charge is 2.24. The van der Waals surface area contributed by atoms with Gasteiger partial charge in [0.15, 0.2) is 0 Å². The SMILES string of the molecule is Cc1oc(NC(=O)CN2CCN(C)C[C@@H]2C)c(C#N)c1C. The maximum absolute atomic E-state index is 12.2. The molecule has 0 unspecified atom stereocenters. The number of anilines is 1. The van der Waals surface area contributed by atoms with E-state index in [1.807, 2.05) is 6.92 Å². The van der Waals surface area contributed by atoms with E-state index >= 15 is 0 Å². The van der Waals surface area contributed by atoms with E-state index in [-0.39, 0.29) is 11.8 Å². The standard InChI is InChI=1S/C15H22N4O2/c1-10-8-18(4)5-6-19(10)9-14(20)17-15-13(7-16)11(2)12(3)21-15/h10H,5-6,8-9H2,1-4H3,(H,17,20)/t10-/m0/s1. The Morgan fingerprint density at radius 2 is 2.19 bits per heavy atom. The van der Waals surface area contributed by atoms with Gasteiger partial charge in [-0.15, -0.1) is 0 Å². The molecule has 114 valence electrons. The van der Waals surface area contributed by atoms with Gasteiger partial charge in [-0.25, -0.2) is 0 Å². The number of piperazine rings is 1. The fraction of sp³-hybridized carbons (Fsp3) is 0.600. The van der Waals surface area contributed by atoms with Crippen molar-refractivity contribution < 1.29 is 9.21 Å². The van der Waals surface area contributed by atoms with Crippen LogP contribution in [-0.4, -0.2) is 55.0 Å². The van der Waals surface area contributed by atoms with Crippen LogP contribution in [-0.2, 0) is 4.79 Å². The van der Waals surface area contributed by atoms with Gasteiger partial charge in [-0.3, -0.25) is 15.0 Å². The molecule has 1 aliphatic heterocycles. The summed E-state index contributed by atoms with van der Waals surface area (Å²) in [5, 5.41) is 11.9. The van der Waals surface area contributed by atoms with Crippen LogP contribution in [0.2, 0.25) is 0 Å². The van der Waals surface area contributed by atoms with Crippen LogP contribution in [0.5, 0.6) is 0 Å². The maximum atomic E-state index is 12.2. The fourth-order valence-electron chi connectivity index (χ4n) is 2.61. The van der Waals surface area contributed by atoms with E-state index < -0.39 is 0 Å². The molecule has 1 aromatic heterocycles. The third-order valence-corrected chi connectivity index (χ3v) is 4.06. The summed E-state index contributed by atoms with van der Waals surface area (Å²) in [5.41, 5.74) is 1.19. The number of rotatable bonds is 3. The summed E-state index contributed by atoms with van der Waals surface area (Å²) in [4.78, 5) is 16.6. The topological polar surface area (TPSA) is 72.5 Å². The van der Waals surface area contributed by atoms with E-state index in [0.717, 1.165) is 25.2 Å². The van der Waals surface area contributed by atoms with Gasteiger partial charge in [0.2, 0.25) is 11.8 Å². The van der Waals surface area contributed by atoms with E-state index in [2.05, 4.69) is 35.2 Å². The highest BCUT2D eigenvalue weighted by atomic mass is 16.4. The van der Waals surface area contributed by atoms with Crippen molar-refractivity contribution in [3.05, 3.63) is 16.9 Å². The molecule has 0 aromatic carbocycles. The Balaban J connectivity index is 2.00. The zero-order chi connectivity index (χ0) is 15.6. The van der Waals surface area contributed by atoms with Crippen molar-refractivity contribution in [3.8, 4) is 6.07 Å². The van der Waals surface area contributed by atoms with E-state index in [1.165, 1.54) is 0 Å². The van der Waals surface area contributed by atoms with Crippen LogP contribution >= 0.6 is 0 Å². The first kappa shape index (κ1) is 15.5. The average molecular weight is 290 g/mol. The van der Waals surface area contributed by atoms with Crippen LogP contribution in [0.25, 0.3) is 0 Å². The van der Waals surface area contributed by atoms with Gasteiger partial charge >= 0.3 is 0 Å². The van der Waals surface area contributed by atoms with Crippen molar-refractivity contribution in [2.45, 2.75) is 26.8 Å². The Morgan fingerprint density at radius 3 is 2.81 bits per heavy atom. The second-order valence-corrected chi connectivity index (χ2v) is 5.73. The van der Waals surface area contributed by atoms with E-state index in [1.54, 1.807) is 6.92 Å². The third-order valence-electron chi connectivity index (χ3n) is 4.06. The van der Waals surface area contributed by atoms with Gasteiger partial charge in [-0.05, 0) is 27.8 Å². The third kappa shape index (κ3) is 3.43. The summed E-state index contributed by atoms with van der Waals surface area (Å²) < 4.78 is 5.46. The van der Waals surface area contributed by atoms with Gasteiger partial charge in [0.1, 0.15) is 17.4 Å². The molecule has 1 aliphatic rings. The van der Waals surface area contributed by atoms with Gasteiger partial charge < -0.3 is 9.32 Å². The molecule has 1 aromatic rings. The quantitative estimate of drug-likeness (QED) is 0.909. The molecule has 1 atom stereocenters. The predicted octanol–water partition coefficient (Wildman–Crippen LogP) is 1.34. The van der Waals surface area contributed by atoms with Crippen molar-refractivity contribution in [1.82, 2.24) is 9.80 Å².